The Bertz CT molecular complexity index is 463. The molecule has 13 heavy (non-hydrogen) atoms. The van der Waals surface area contributed by atoms with Crippen molar-refractivity contribution < 1.29 is 15.3 Å². The van der Waals surface area contributed by atoms with Gasteiger partial charge in [0.1, 0.15) is 5.75 Å². The first kappa shape index (κ1) is 7.73. The fourth-order valence-electron chi connectivity index (χ4n) is 1.21. The molecule has 3 nitrogen and oxygen atoms in total. The topological polar surface area (TPSA) is 60.7 Å². The molecule has 0 unspecified atom stereocenters. The van der Waals surface area contributed by atoms with Gasteiger partial charge in [0.2, 0.25) is 0 Å². The minimum absolute atomic E-state index is 0.0593. The second kappa shape index (κ2) is 2.55. The van der Waals surface area contributed by atoms with Gasteiger partial charge in [0.15, 0.2) is 11.5 Å². The number of aromatic hydroxyl groups is 3. The summed E-state index contributed by atoms with van der Waals surface area (Å²) in [6, 6.07) is 8.50. The molecule has 0 aromatic heterocycles. The number of benzene rings is 2. The highest BCUT2D eigenvalue weighted by Gasteiger charge is 2.04. The van der Waals surface area contributed by atoms with Crippen LogP contribution in [0.3, 0.4) is 0 Å². The molecule has 0 amide bonds. The third kappa shape index (κ3) is 1.14. The summed E-state index contributed by atoms with van der Waals surface area (Å²) in [5, 5.41) is 28.7. The van der Waals surface area contributed by atoms with Gasteiger partial charge in [0.05, 0.1) is 0 Å². The average Bonchev–Trinajstić information content (AvgIpc) is 2.09. The number of fused-ring (bicyclic) bond motifs is 1. The molecule has 0 atom stereocenters. The van der Waals surface area contributed by atoms with E-state index in [2.05, 4.69) is 6.07 Å². The Hall–Kier alpha value is -1.90. The average molecular weight is 175 g/mol. The summed E-state index contributed by atoms with van der Waals surface area (Å²) in [5.41, 5.74) is 0. The summed E-state index contributed by atoms with van der Waals surface area (Å²) in [7, 11) is 0. The number of hydrogen-bond donors (Lipinski definition) is 3. The first-order valence-corrected chi connectivity index (χ1v) is 3.74. The maximum Gasteiger partial charge on any atom is 0.158 e. The van der Waals surface area contributed by atoms with Crippen molar-refractivity contribution in [2.45, 2.75) is 0 Å². The minimum Gasteiger partial charge on any atom is -0.507 e. The summed E-state index contributed by atoms with van der Waals surface area (Å²) in [6.07, 6.45) is 0. The maximum atomic E-state index is 9.37. The molecule has 3 heteroatoms. The van der Waals surface area contributed by atoms with Gasteiger partial charge in [-0.3, -0.25) is 0 Å². The third-order valence-electron chi connectivity index (χ3n) is 1.87. The van der Waals surface area contributed by atoms with Gasteiger partial charge < -0.3 is 15.3 Å². The van der Waals surface area contributed by atoms with Crippen LogP contribution in [0.5, 0.6) is 17.2 Å². The smallest absolute Gasteiger partial charge is 0.158 e. The van der Waals surface area contributed by atoms with E-state index in [1.54, 1.807) is 6.07 Å². The summed E-state index contributed by atoms with van der Waals surface area (Å²) in [6.45, 7) is 0. The molecule has 0 spiro atoms. The molecule has 0 aliphatic carbocycles. The van der Waals surface area contributed by atoms with Crippen LogP contribution in [-0.4, -0.2) is 15.3 Å². The van der Waals surface area contributed by atoms with Crippen LogP contribution in [0, 0.1) is 6.07 Å². The van der Waals surface area contributed by atoms with E-state index in [4.69, 9.17) is 10.2 Å². The van der Waals surface area contributed by atoms with Gasteiger partial charge in [-0.1, -0.05) is 6.07 Å². The Morgan fingerprint density at radius 2 is 1.62 bits per heavy atom. The van der Waals surface area contributed by atoms with Gasteiger partial charge in [0, 0.05) is 5.39 Å². The predicted molar refractivity (Wildman–Crippen MR) is 47.8 cm³/mol. The fourth-order valence-corrected chi connectivity index (χ4v) is 1.21. The highest BCUT2D eigenvalue weighted by Crippen LogP contribution is 2.33. The Kier molecular flexibility index (Phi) is 1.52. The lowest BCUT2D eigenvalue weighted by Crippen LogP contribution is -1.75. The summed E-state index contributed by atoms with van der Waals surface area (Å²) in [4.78, 5) is 0. The summed E-state index contributed by atoms with van der Waals surface area (Å²) in [5.74, 6) is -0.402. The minimum atomic E-state index is -0.248. The number of hydrogen-bond acceptors (Lipinski definition) is 3. The molecule has 1 radical (unpaired) electrons. The molecular formula is C10H7O3. The van der Waals surface area contributed by atoms with E-state index < -0.39 is 0 Å². The van der Waals surface area contributed by atoms with Crippen molar-refractivity contribution in [3.05, 3.63) is 30.3 Å². The zero-order valence-corrected chi connectivity index (χ0v) is 6.65. The summed E-state index contributed by atoms with van der Waals surface area (Å²) >= 11 is 0. The largest absolute Gasteiger partial charge is 0.507 e. The molecule has 2 aromatic rings. The second-order valence-electron chi connectivity index (χ2n) is 2.75. The van der Waals surface area contributed by atoms with Crippen LogP contribution in [0.4, 0.5) is 0 Å². The lowest BCUT2D eigenvalue weighted by molar-refractivity contribution is 0.404. The monoisotopic (exact) mass is 175 g/mol. The number of phenolic OH excluding ortho intramolecular Hbond substituents is 3. The van der Waals surface area contributed by atoms with Crippen LogP contribution in [0.15, 0.2) is 24.3 Å². The molecule has 0 fully saturated rings. The molecule has 2 aromatic carbocycles. The van der Waals surface area contributed by atoms with Crippen LogP contribution < -0.4 is 0 Å². The SMILES string of the molecule is Oc1cc2[c]ccc(O)c2cc1O. The van der Waals surface area contributed by atoms with Crippen molar-refractivity contribution in [2.24, 2.45) is 0 Å². The van der Waals surface area contributed by atoms with Crippen molar-refractivity contribution in [1.82, 2.24) is 0 Å². The lowest BCUT2D eigenvalue weighted by atomic mass is 10.1. The highest BCUT2D eigenvalue weighted by atomic mass is 16.3. The lowest BCUT2D eigenvalue weighted by Gasteiger charge is -2.02. The highest BCUT2D eigenvalue weighted by molar-refractivity contribution is 5.90. The Balaban J connectivity index is 2.89. The Morgan fingerprint density at radius 3 is 2.38 bits per heavy atom. The van der Waals surface area contributed by atoms with Crippen molar-refractivity contribution in [3.8, 4) is 17.2 Å². The van der Waals surface area contributed by atoms with Gasteiger partial charge in [0.25, 0.3) is 0 Å². The molecule has 3 N–H and O–H groups in total. The van der Waals surface area contributed by atoms with Gasteiger partial charge in [-0.05, 0) is 29.7 Å². The van der Waals surface area contributed by atoms with Crippen LogP contribution in [0.1, 0.15) is 0 Å². The molecule has 0 saturated carbocycles. The van der Waals surface area contributed by atoms with Crippen LogP contribution in [-0.2, 0) is 0 Å². The van der Waals surface area contributed by atoms with Crippen molar-refractivity contribution in [1.29, 1.82) is 0 Å². The first-order valence-electron chi connectivity index (χ1n) is 3.74. The third-order valence-corrected chi connectivity index (χ3v) is 1.87. The standard InChI is InChI=1S/C10H7O3/c11-8-3-1-2-6-4-9(12)10(13)5-7(6)8/h1,3-5,11-13H. The normalized spacial score (nSPS) is 10.5. The maximum absolute atomic E-state index is 9.37. The molecule has 0 aliphatic heterocycles. The second-order valence-corrected chi connectivity index (χ2v) is 2.75. The number of rotatable bonds is 0. The predicted octanol–water partition coefficient (Wildman–Crippen LogP) is 1.76. The molecule has 0 bridgehead atoms. The van der Waals surface area contributed by atoms with E-state index in [0.717, 1.165) is 0 Å². The molecular weight excluding hydrogens is 168 g/mol. The summed E-state index contributed by atoms with van der Waals surface area (Å²) < 4.78 is 0. The van der Waals surface area contributed by atoms with Crippen molar-refractivity contribution in [2.75, 3.05) is 0 Å². The Morgan fingerprint density at radius 1 is 0.923 bits per heavy atom. The number of phenols is 3. The van der Waals surface area contributed by atoms with Crippen LogP contribution >= 0.6 is 0 Å². The molecule has 0 aliphatic rings. The zero-order valence-electron chi connectivity index (χ0n) is 6.65. The zero-order chi connectivity index (χ0) is 9.42. The van der Waals surface area contributed by atoms with Crippen molar-refractivity contribution in [3.63, 3.8) is 0 Å². The van der Waals surface area contributed by atoms with Crippen LogP contribution in [0.25, 0.3) is 10.8 Å². The van der Waals surface area contributed by atoms with E-state index in [9.17, 15) is 5.11 Å². The van der Waals surface area contributed by atoms with Gasteiger partial charge >= 0.3 is 0 Å². The van der Waals surface area contributed by atoms with E-state index >= 15 is 0 Å². The van der Waals surface area contributed by atoms with E-state index in [-0.39, 0.29) is 17.2 Å². The first-order chi connectivity index (χ1) is 6.18. The van der Waals surface area contributed by atoms with Crippen LogP contribution in [0.2, 0.25) is 0 Å². The van der Waals surface area contributed by atoms with E-state index in [0.29, 0.717) is 10.8 Å². The Labute approximate surface area is 74.5 Å². The molecule has 0 heterocycles. The van der Waals surface area contributed by atoms with Gasteiger partial charge in [-0.25, -0.2) is 0 Å². The quantitative estimate of drug-likeness (QED) is 0.534. The van der Waals surface area contributed by atoms with Gasteiger partial charge in [-0.15, -0.1) is 0 Å². The van der Waals surface area contributed by atoms with Gasteiger partial charge in [-0.2, -0.15) is 0 Å². The van der Waals surface area contributed by atoms with Crippen molar-refractivity contribution >= 4 is 10.8 Å². The molecule has 2 rings (SSSR count). The van der Waals surface area contributed by atoms with E-state index in [1.807, 2.05) is 0 Å². The fraction of sp³-hybridized carbons (Fsp3) is 0. The van der Waals surface area contributed by atoms with E-state index in [1.165, 1.54) is 18.2 Å². The molecule has 65 valence electrons. The molecule has 0 saturated heterocycles.